The van der Waals surface area contributed by atoms with Crippen LogP contribution in [-0.4, -0.2) is 35.6 Å². The van der Waals surface area contributed by atoms with E-state index < -0.39 is 0 Å². The van der Waals surface area contributed by atoms with E-state index in [2.05, 4.69) is 29.1 Å². The predicted molar refractivity (Wildman–Crippen MR) is 75.5 cm³/mol. The third-order valence-corrected chi connectivity index (χ3v) is 2.97. The van der Waals surface area contributed by atoms with Gasteiger partial charge >= 0.3 is 0 Å². The highest BCUT2D eigenvalue weighted by Gasteiger charge is 2.10. The quantitative estimate of drug-likeness (QED) is 0.775. The molecule has 0 bridgehead atoms. The Morgan fingerprint density at radius 3 is 2.67 bits per heavy atom. The number of ether oxygens (including phenoxy) is 1. The van der Waals surface area contributed by atoms with Crippen LogP contribution in [-0.2, 0) is 4.74 Å². The maximum atomic E-state index is 5.93. The van der Waals surface area contributed by atoms with Gasteiger partial charge in [0.05, 0.1) is 0 Å². The fourth-order valence-corrected chi connectivity index (χ4v) is 1.81. The van der Waals surface area contributed by atoms with Crippen LogP contribution in [0.2, 0.25) is 0 Å². The molecule has 18 heavy (non-hydrogen) atoms. The molecule has 4 nitrogen and oxygen atoms in total. The first-order chi connectivity index (χ1) is 8.56. The smallest absolute Gasteiger partial charge is 0.133 e. The lowest BCUT2D eigenvalue weighted by molar-refractivity contribution is 0.191. The molecule has 0 spiro atoms. The zero-order valence-corrected chi connectivity index (χ0v) is 12.3. The Morgan fingerprint density at radius 1 is 1.39 bits per heavy atom. The summed E-state index contributed by atoms with van der Waals surface area (Å²) in [6.45, 7) is 6.83. The molecule has 1 N–H and O–H groups in total. The summed E-state index contributed by atoms with van der Waals surface area (Å²) in [5, 5.41) is 3.34. The van der Waals surface area contributed by atoms with Crippen molar-refractivity contribution in [3.05, 3.63) is 17.6 Å². The summed E-state index contributed by atoms with van der Waals surface area (Å²) in [5.41, 5.74) is 0.969. The number of nitrogens with one attached hydrogen (secondary N) is 1. The summed E-state index contributed by atoms with van der Waals surface area (Å²) >= 11 is 5.93. The van der Waals surface area contributed by atoms with Crippen LogP contribution in [0, 0.1) is 6.92 Å². The molecular weight excluding hydrogens is 250 g/mol. The van der Waals surface area contributed by atoms with E-state index in [0.29, 0.717) is 18.4 Å². The van der Waals surface area contributed by atoms with E-state index in [9.17, 15) is 0 Å². The second-order valence-electron chi connectivity index (χ2n) is 4.68. The molecule has 1 aromatic rings. The van der Waals surface area contributed by atoms with Gasteiger partial charge < -0.3 is 10.1 Å². The van der Waals surface area contributed by atoms with Crippen molar-refractivity contribution in [2.75, 3.05) is 24.9 Å². The molecule has 1 unspecified atom stereocenters. The van der Waals surface area contributed by atoms with Crippen LogP contribution in [0.1, 0.15) is 37.7 Å². The van der Waals surface area contributed by atoms with Gasteiger partial charge in [0, 0.05) is 43.3 Å². The van der Waals surface area contributed by atoms with Crippen LogP contribution in [0.4, 0.5) is 5.82 Å². The minimum absolute atomic E-state index is 0.168. The summed E-state index contributed by atoms with van der Waals surface area (Å²) in [7, 11) is 1.69. The second kappa shape index (κ2) is 7.54. The highest BCUT2D eigenvalue weighted by molar-refractivity contribution is 6.18. The Bertz CT molecular complexity index is 371. The molecule has 0 saturated carbocycles. The Labute approximate surface area is 114 Å². The van der Waals surface area contributed by atoms with Gasteiger partial charge in [0.25, 0.3) is 0 Å². The Hall–Kier alpha value is -0.870. The number of halogens is 1. The number of hydrogen-bond acceptors (Lipinski definition) is 4. The molecule has 0 amide bonds. The minimum Gasteiger partial charge on any atom is -0.385 e. The molecule has 0 fully saturated rings. The van der Waals surface area contributed by atoms with Crippen LogP contribution >= 0.6 is 11.6 Å². The first-order valence-corrected chi connectivity index (χ1v) is 6.77. The van der Waals surface area contributed by atoms with E-state index in [1.54, 1.807) is 7.11 Å². The van der Waals surface area contributed by atoms with Crippen molar-refractivity contribution in [2.24, 2.45) is 0 Å². The monoisotopic (exact) mass is 271 g/mol. The van der Waals surface area contributed by atoms with Gasteiger partial charge in [-0.15, -0.1) is 11.6 Å². The number of anilines is 1. The number of nitrogens with zero attached hydrogens (tertiary/aromatic N) is 2. The van der Waals surface area contributed by atoms with Crippen molar-refractivity contribution in [1.29, 1.82) is 0 Å². The van der Waals surface area contributed by atoms with E-state index in [4.69, 9.17) is 16.3 Å². The molecule has 0 radical (unpaired) electrons. The van der Waals surface area contributed by atoms with Gasteiger partial charge in [-0.25, -0.2) is 9.97 Å². The molecule has 0 aromatic carbocycles. The minimum atomic E-state index is 0.168. The molecule has 0 aliphatic rings. The standard InChI is InChI=1S/C13H22ClN3O/c1-9(2)13-15-10(3)7-12(17-13)16-11(8-14)5-6-18-4/h7,9,11H,5-6,8H2,1-4H3,(H,15,16,17). The molecule has 1 heterocycles. The highest BCUT2D eigenvalue weighted by Crippen LogP contribution is 2.15. The van der Waals surface area contributed by atoms with E-state index >= 15 is 0 Å². The second-order valence-corrected chi connectivity index (χ2v) is 4.99. The van der Waals surface area contributed by atoms with Gasteiger partial charge in [-0.2, -0.15) is 0 Å². The maximum Gasteiger partial charge on any atom is 0.133 e. The van der Waals surface area contributed by atoms with Crippen LogP contribution < -0.4 is 5.32 Å². The zero-order chi connectivity index (χ0) is 13.5. The Morgan fingerprint density at radius 2 is 2.11 bits per heavy atom. The van der Waals surface area contributed by atoms with Crippen molar-refractivity contribution in [2.45, 2.75) is 39.2 Å². The lowest BCUT2D eigenvalue weighted by Crippen LogP contribution is -2.24. The first kappa shape index (κ1) is 15.2. The summed E-state index contributed by atoms with van der Waals surface area (Å²) < 4.78 is 5.07. The largest absolute Gasteiger partial charge is 0.385 e. The number of hydrogen-bond donors (Lipinski definition) is 1. The maximum absolute atomic E-state index is 5.93. The van der Waals surface area contributed by atoms with Crippen molar-refractivity contribution in [1.82, 2.24) is 9.97 Å². The van der Waals surface area contributed by atoms with Crippen LogP contribution in [0.15, 0.2) is 6.07 Å². The summed E-state index contributed by atoms with van der Waals surface area (Å²) in [6, 6.07) is 2.11. The molecule has 0 saturated heterocycles. The van der Waals surface area contributed by atoms with Crippen LogP contribution in [0.3, 0.4) is 0 Å². The Balaban J connectivity index is 2.75. The lowest BCUT2D eigenvalue weighted by atomic mass is 10.2. The molecule has 0 aliphatic carbocycles. The highest BCUT2D eigenvalue weighted by atomic mass is 35.5. The van der Waals surface area contributed by atoms with Crippen molar-refractivity contribution in [3.8, 4) is 0 Å². The van der Waals surface area contributed by atoms with Crippen molar-refractivity contribution < 1.29 is 4.74 Å². The molecule has 5 heteroatoms. The molecule has 1 rings (SSSR count). The average molecular weight is 272 g/mol. The first-order valence-electron chi connectivity index (χ1n) is 6.23. The number of methoxy groups -OCH3 is 1. The molecule has 1 atom stereocenters. The van der Waals surface area contributed by atoms with Gasteiger partial charge in [0.15, 0.2) is 0 Å². The average Bonchev–Trinajstić information content (AvgIpc) is 2.33. The van der Waals surface area contributed by atoms with Crippen molar-refractivity contribution in [3.63, 3.8) is 0 Å². The van der Waals surface area contributed by atoms with Crippen LogP contribution in [0.25, 0.3) is 0 Å². The van der Waals surface area contributed by atoms with Crippen molar-refractivity contribution >= 4 is 17.4 Å². The molecule has 102 valence electrons. The number of rotatable bonds is 7. The number of aromatic nitrogens is 2. The topological polar surface area (TPSA) is 47.0 Å². The third kappa shape index (κ3) is 4.78. The summed E-state index contributed by atoms with van der Waals surface area (Å²) in [6.07, 6.45) is 0.861. The molecule has 0 aliphatic heterocycles. The van der Waals surface area contributed by atoms with E-state index in [0.717, 1.165) is 23.8 Å². The van der Waals surface area contributed by atoms with Gasteiger partial charge in [-0.1, -0.05) is 13.8 Å². The zero-order valence-electron chi connectivity index (χ0n) is 11.5. The van der Waals surface area contributed by atoms with Gasteiger partial charge in [-0.05, 0) is 13.3 Å². The van der Waals surface area contributed by atoms with E-state index in [1.165, 1.54) is 0 Å². The number of alkyl halides is 1. The van der Waals surface area contributed by atoms with Gasteiger partial charge in [0.2, 0.25) is 0 Å². The number of aryl methyl sites for hydroxylation is 1. The normalized spacial score (nSPS) is 12.8. The summed E-state index contributed by atoms with van der Waals surface area (Å²) in [5.74, 6) is 2.55. The van der Waals surface area contributed by atoms with Gasteiger partial charge in [0.1, 0.15) is 11.6 Å². The lowest BCUT2D eigenvalue weighted by Gasteiger charge is -2.17. The molecular formula is C13H22ClN3O. The SMILES string of the molecule is COCCC(CCl)Nc1cc(C)nc(C(C)C)n1. The van der Waals surface area contributed by atoms with Crippen LogP contribution in [0.5, 0.6) is 0 Å². The Kier molecular flexibility index (Phi) is 6.36. The van der Waals surface area contributed by atoms with Gasteiger partial charge in [-0.3, -0.25) is 0 Å². The third-order valence-electron chi connectivity index (χ3n) is 2.60. The fourth-order valence-electron chi connectivity index (χ4n) is 1.58. The predicted octanol–water partition coefficient (Wildman–Crippen LogP) is 2.96. The molecule has 1 aromatic heterocycles. The fraction of sp³-hybridized carbons (Fsp3) is 0.692. The van der Waals surface area contributed by atoms with E-state index in [-0.39, 0.29) is 6.04 Å². The van der Waals surface area contributed by atoms with E-state index in [1.807, 2.05) is 13.0 Å². The summed E-state index contributed by atoms with van der Waals surface area (Å²) in [4.78, 5) is 8.93.